The largest absolute Gasteiger partial charge is 0.492 e. The summed E-state index contributed by atoms with van der Waals surface area (Å²) >= 11 is 0. The number of carbonyl (C=O) groups is 1. The molecule has 0 bridgehead atoms. The summed E-state index contributed by atoms with van der Waals surface area (Å²) < 4.78 is 5.79. The first-order valence-electron chi connectivity index (χ1n) is 6.40. The normalized spacial score (nSPS) is 12.5. The summed E-state index contributed by atoms with van der Waals surface area (Å²) in [5.41, 5.74) is 3.50. The topological polar surface area (TPSA) is 49.8 Å². The number of aryl methyl sites for hydroxylation is 3. The van der Waals surface area contributed by atoms with Crippen LogP contribution in [0.2, 0.25) is 0 Å². The highest BCUT2D eigenvalue weighted by molar-refractivity contribution is 5.67. The molecule has 19 heavy (non-hydrogen) atoms. The Balaban J connectivity index is 2.74. The summed E-state index contributed by atoms with van der Waals surface area (Å²) in [6.07, 6.45) is 0.0802. The molecule has 0 saturated heterocycles. The lowest BCUT2D eigenvalue weighted by Gasteiger charge is -2.23. The van der Waals surface area contributed by atoms with Crippen molar-refractivity contribution in [2.45, 2.75) is 33.2 Å². The maximum Gasteiger partial charge on any atom is 0.305 e. The molecule has 0 amide bonds. The van der Waals surface area contributed by atoms with Crippen LogP contribution in [0.1, 0.15) is 23.1 Å². The lowest BCUT2D eigenvalue weighted by Crippen LogP contribution is -2.35. The molecule has 1 unspecified atom stereocenters. The standard InChI is InChI=1S/C15H23NO3/c1-10-6-12(3)14(7-11(10)2)19-9-13(16(4)5)8-15(17)18/h6-7,13H,8-9H2,1-5H3,(H,17,18). The number of carboxylic acids is 1. The maximum absolute atomic E-state index is 10.8. The molecule has 4 nitrogen and oxygen atoms in total. The molecule has 0 aliphatic carbocycles. The number of rotatable bonds is 6. The second kappa shape index (κ2) is 6.57. The van der Waals surface area contributed by atoms with E-state index in [0.717, 1.165) is 11.3 Å². The van der Waals surface area contributed by atoms with Crippen LogP contribution in [0.3, 0.4) is 0 Å². The quantitative estimate of drug-likeness (QED) is 0.858. The van der Waals surface area contributed by atoms with Gasteiger partial charge in [-0.1, -0.05) is 6.07 Å². The number of nitrogens with zero attached hydrogens (tertiary/aromatic N) is 1. The fraction of sp³-hybridized carbons (Fsp3) is 0.533. The van der Waals surface area contributed by atoms with E-state index in [2.05, 4.69) is 13.0 Å². The fourth-order valence-electron chi connectivity index (χ4n) is 1.87. The van der Waals surface area contributed by atoms with Gasteiger partial charge < -0.3 is 14.7 Å². The van der Waals surface area contributed by atoms with Crippen molar-refractivity contribution in [1.29, 1.82) is 0 Å². The predicted molar refractivity (Wildman–Crippen MR) is 75.9 cm³/mol. The molecular weight excluding hydrogens is 242 g/mol. The smallest absolute Gasteiger partial charge is 0.305 e. The molecule has 1 rings (SSSR count). The first-order valence-corrected chi connectivity index (χ1v) is 6.40. The monoisotopic (exact) mass is 265 g/mol. The van der Waals surface area contributed by atoms with Gasteiger partial charge in [-0.2, -0.15) is 0 Å². The molecule has 106 valence electrons. The Morgan fingerprint density at radius 2 is 1.79 bits per heavy atom. The van der Waals surface area contributed by atoms with Gasteiger partial charge in [0.25, 0.3) is 0 Å². The van der Waals surface area contributed by atoms with Gasteiger partial charge in [0.1, 0.15) is 12.4 Å². The van der Waals surface area contributed by atoms with Gasteiger partial charge in [0.05, 0.1) is 12.5 Å². The van der Waals surface area contributed by atoms with Crippen molar-refractivity contribution in [1.82, 2.24) is 4.90 Å². The zero-order valence-electron chi connectivity index (χ0n) is 12.4. The van der Waals surface area contributed by atoms with Crippen molar-refractivity contribution < 1.29 is 14.6 Å². The van der Waals surface area contributed by atoms with E-state index >= 15 is 0 Å². The molecule has 4 heteroatoms. The first-order chi connectivity index (χ1) is 8.81. The van der Waals surface area contributed by atoms with Crippen LogP contribution in [0.4, 0.5) is 0 Å². The first kappa shape index (κ1) is 15.5. The SMILES string of the molecule is Cc1cc(C)c(OCC(CC(=O)O)N(C)C)cc1C. The van der Waals surface area contributed by atoms with Crippen LogP contribution in [0, 0.1) is 20.8 Å². The minimum atomic E-state index is -0.806. The third-order valence-electron chi connectivity index (χ3n) is 3.36. The van der Waals surface area contributed by atoms with Gasteiger partial charge in [-0.3, -0.25) is 4.79 Å². The van der Waals surface area contributed by atoms with Gasteiger partial charge in [0.2, 0.25) is 0 Å². The number of hydrogen-bond acceptors (Lipinski definition) is 3. The minimum Gasteiger partial charge on any atom is -0.492 e. The molecule has 0 saturated carbocycles. The molecule has 1 atom stereocenters. The Morgan fingerprint density at radius 3 is 2.32 bits per heavy atom. The second-order valence-electron chi connectivity index (χ2n) is 5.23. The lowest BCUT2D eigenvalue weighted by atomic mass is 10.1. The van der Waals surface area contributed by atoms with Crippen molar-refractivity contribution in [3.8, 4) is 5.75 Å². The maximum atomic E-state index is 10.8. The molecule has 1 aromatic carbocycles. The molecule has 0 radical (unpaired) electrons. The van der Waals surface area contributed by atoms with E-state index in [1.807, 2.05) is 38.9 Å². The fourth-order valence-corrected chi connectivity index (χ4v) is 1.87. The molecule has 0 aromatic heterocycles. The van der Waals surface area contributed by atoms with Crippen LogP contribution in [-0.4, -0.2) is 42.7 Å². The van der Waals surface area contributed by atoms with E-state index in [1.54, 1.807) is 0 Å². The van der Waals surface area contributed by atoms with Gasteiger partial charge in [0, 0.05) is 0 Å². The van der Waals surface area contributed by atoms with Gasteiger partial charge in [-0.25, -0.2) is 0 Å². The highest BCUT2D eigenvalue weighted by Gasteiger charge is 2.17. The molecular formula is C15H23NO3. The zero-order valence-corrected chi connectivity index (χ0v) is 12.4. The summed E-state index contributed by atoms with van der Waals surface area (Å²) in [4.78, 5) is 12.7. The molecule has 0 spiro atoms. The summed E-state index contributed by atoms with van der Waals surface area (Å²) in [6, 6.07) is 3.98. The van der Waals surface area contributed by atoms with Gasteiger partial charge >= 0.3 is 5.97 Å². The van der Waals surface area contributed by atoms with E-state index in [-0.39, 0.29) is 12.5 Å². The van der Waals surface area contributed by atoms with Gasteiger partial charge in [-0.05, 0) is 57.6 Å². The van der Waals surface area contributed by atoms with E-state index < -0.39 is 5.97 Å². The molecule has 0 fully saturated rings. The number of hydrogen-bond donors (Lipinski definition) is 1. The van der Waals surface area contributed by atoms with Crippen molar-refractivity contribution in [3.05, 3.63) is 28.8 Å². The summed E-state index contributed by atoms with van der Waals surface area (Å²) in [5, 5.41) is 8.88. The summed E-state index contributed by atoms with van der Waals surface area (Å²) in [7, 11) is 3.73. The molecule has 1 aromatic rings. The Hall–Kier alpha value is -1.55. The van der Waals surface area contributed by atoms with Crippen molar-refractivity contribution in [2.24, 2.45) is 0 Å². The molecule has 1 N–H and O–H groups in total. The summed E-state index contributed by atoms with van der Waals surface area (Å²) in [5.74, 6) is 0.0273. The van der Waals surface area contributed by atoms with Gasteiger partial charge in [0.15, 0.2) is 0 Å². The average molecular weight is 265 g/mol. The third-order valence-corrected chi connectivity index (χ3v) is 3.36. The van der Waals surface area contributed by atoms with Crippen molar-refractivity contribution in [2.75, 3.05) is 20.7 Å². The van der Waals surface area contributed by atoms with Crippen molar-refractivity contribution in [3.63, 3.8) is 0 Å². The van der Waals surface area contributed by atoms with Crippen LogP contribution in [0.15, 0.2) is 12.1 Å². The Labute approximate surface area is 115 Å². The molecule has 0 aliphatic heterocycles. The molecule has 0 aliphatic rings. The van der Waals surface area contributed by atoms with Crippen LogP contribution in [-0.2, 0) is 4.79 Å². The second-order valence-corrected chi connectivity index (χ2v) is 5.23. The number of carboxylic acid groups (broad SMARTS) is 1. The van der Waals surface area contributed by atoms with E-state index in [1.165, 1.54) is 11.1 Å². The highest BCUT2D eigenvalue weighted by atomic mass is 16.5. The Kier molecular flexibility index (Phi) is 5.36. The summed E-state index contributed by atoms with van der Waals surface area (Å²) in [6.45, 7) is 6.49. The molecule has 0 heterocycles. The number of benzene rings is 1. The number of likely N-dealkylation sites (N-methyl/N-ethyl adjacent to an activating group) is 1. The zero-order chi connectivity index (χ0) is 14.6. The van der Waals surface area contributed by atoms with E-state index in [9.17, 15) is 4.79 Å². The van der Waals surface area contributed by atoms with Crippen LogP contribution >= 0.6 is 0 Å². The number of aliphatic carboxylic acids is 1. The Bertz CT molecular complexity index is 455. The third kappa shape index (κ3) is 4.56. The van der Waals surface area contributed by atoms with Crippen LogP contribution < -0.4 is 4.74 Å². The van der Waals surface area contributed by atoms with E-state index in [4.69, 9.17) is 9.84 Å². The van der Waals surface area contributed by atoms with E-state index in [0.29, 0.717) is 6.61 Å². The minimum absolute atomic E-state index is 0.0802. The predicted octanol–water partition coefficient (Wildman–Crippen LogP) is 2.40. The van der Waals surface area contributed by atoms with Crippen LogP contribution in [0.25, 0.3) is 0 Å². The Morgan fingerprint density at radius 1 is 1.21 bits per heavy atom. The lowest BCUT2D eigenvalue weighted by molar-refractivity contribution is -0.138. The average Bonchev–Trinajstić information content (AvgIpc) is 2.29. The van der Waals surface area contributed by atoms with Crippen molar-refractivity contribution >= 4 is 5.97 Å². The highest BCUT2D eigenvalue weighted by Crippen LogP contribution is 2.22. The number of ether oxygens (including phenoxy) is 1. The van der Waals surface area contributed by atoms with Gasteiger partial charge in [-0.15, -0.1) is 0 Å². The van der Waals surface area contributed by atoms with Crippen LogP contribution in [0.5, 0.6) is 5.75 Å².